The van der Waals surface area contributed by atoms with Crippen molar-refractivity contribution in [3.05, 3.63) is 51.9 Å². The summed E-state index contributed by atoms with van der Waals surface area (Å²) in [4.78, 5) is 33.2. The molecular weight excluding hydrogens is 396 g/mol. The van der Waals surface area contributed by atoms with Crippen molar-refractivity contribution in [3.8, 4) is 0 Å². The van der Waals surface area contributed by atoms with Gasteiger partial charge in [0.15, 0.2) is 5.16 Å². The molecule has 7 heteroatoms. The molecule has 1 aromatic carbocycles. The third-order valence-corrected chi connectivity index (χ3v) is 6.16. The fraction of sp³-hybridized carbons (Fsp3) is 0.435. The van der Waals surface area contributed by atoms with E-state index >= 15 is 0 Å². The molecule has 2 aromatic heterocycles. The van der Waals surface area contributed by atoms with Crippen molar-refractivity contribution in [1.82, 2.24) is 14.5 Å². The average Bonchev–Trinajstić information content (AvgIpc) is 3.12. The zero-order valence-electron chi connectivity index (χ0n) is 18.1. The molecule has 3 aromatic rings. The van der Waals surface area contributed by atoms with Gasteiger partial charge in [0.05, 0.1) is 11.3 Å². The molecule has 6 nitrogen and oxygen atoms in total. The Balaban J connectivity index is 1.73. The number of nitrogens with one attached hydrogen (secondary N) is 2. The van der Waals surface area contributed by atoms with Gasteiger partial charge < -0.3 is 10.3 Å². The topological polar surface area (TPSA) is 79.8 Å². The lowest BCUT2D eigenvalue weighted by atomic mass is 10.1. The van der Waals surface area contributed by atoms with E-state index in [1.807, 2.05) is 39.0 Å². The molecule has 0 spiro atoms. The lowest BCUT2D eigenvalue weighted by molar-refractivity contribution is -0.113. The number of thioether (sulfide) groups is 1. The van der Waals surface area contributed by atoms with Gasteiger partial charge in [0.2, 0.25) is 5.91 Å². The molecule has 1 amide bonds. The predicted octanol–water partition coefficient (Wildman–Crippen LogP) is 5.08. The quantitative estimate of drug-likeness (QED) is 0.369. The molecule has 1 atom stereocenters. The number of unbranched alkanes of at least 4 members (excludes halogenated alkanes) is 1. The van der Waals surface area contributed by atoms with E-state index in [0.717, 1.165) is 30.6 Å². The van der Waals surface area contributed by atoms with Gasteiger partial charge in [-0.2, -0.15) is 0 Å². The van der Waals surface area contributed by atoms with Crippen molar-refractivity contribution in [2.24, 2.45) is 0 Å². The normalized spacial score (nSPS) is 12.3. The van der Waals surface area contributed by atoms with Gasteiger partial charge in [0.25, 0.3) is 5.56 Å². The van der Waals surface area contributed by atoms with Crippen LogP contribution in [0.5, 0.6) is 0 Å². The standard InChI is InChI=1S/C23H30N4O2S/c1-5-7-8-17-9-11-18(12-10-17)25-20(28)14-30-23-26-19-13-15(3)24-21(19)22(29)27(23)16(4)6-2/h9-13,16,24H,5-8,14H2,1-4H3,(H,25,28)/t16-/m0/s1. The van der Waals surface area contributed by atoms with Crippen molar-refractivity contribution >= 4 is 34.4 Å². The van der Waals surface area contributed by atoms with Crippen LogP contribution in [0.2, 0.25) is 0 Å². The molecule has 0 aliphatic rings. The third kappa shape index (κ3) is 5.14. The number of aryl methyl sites for hydroxylation is 2. The summed E-state index contributed by atoms with van der Waals surface area (Å²) in [6, 6.07) is 9.86. The monoisotopic (exact) mass is 426 g/mol. The van der Waals surface area contributed by atoms with E-state index in [1.165, 1.54) is 23.7 Å². The average molecular weight is 427 g/mol. The zero-order valence-corrected chi connectivity index (χ0v) is 18.9. The number of aromatic amines is 1. The van der Waals surface area contributed by atoms with Crippen LogP contribution >= 0.6 is 11.8 Å². The van der Waals surface area contributed by atoms with Gasteiger partial charge in [-0.3, -0.25) is 14.2 Å². The molecule has 0 aliphatic carbocycles. The maximum Gasteiger partial charge on any atom is 0.278 e. The van der Waals surface area contributed by atoms with E-state index < -0.39 is 0 Å². The second-order valence-corrected chi connectivity index (χ2v) is 8.62. The van der Waals surface area contributed by atoms with Crippen molar-refractivity contribution in [2.45, 2.75) is 64.6 Å². The lowest BCUT2D eigenvalue weighted by Crippen LogP contribution is -2.26. The first-order chi connectivity index (χ1) is 14.4. The van der Waals surface area contributed by atoms with Crippen LogP contribution in [-0.2, 0) is 11.2 Å². The van der Waals surface area contributed by atoms with Gasteiger partial charge in [0.1, 0.15) is 5.52 Å². The van der Waals surface area contributed by atoms with Crippen molar-refractivity contribution < 1.29 is 4.79 Å². The van der Waals surface area contributed by atoms with E-state index in [1.54, 1.807) is 4.57 Å². The number of aromatic nitrogens is 3. The maximum atomic E-state index is 13.0. The van der Waals surface area contributed by atoms with Crippen LogP contribution < -0.4 is 10.9 Å². The smallest absolute Gasteiger partial charge is 0.278 e. The number of H-pyrrole nitrogens is 1. The van der Waals surface area contributed by atoms with Crippen LogP contribution in [0, 0.1) is 6.92 Å². The minimum Gasteiger partial charge on any atom is -0.353 e. The van der Waals surface area contributed by atoms with E-state index in [4.69, 9.17) is 0 Å². The minimum atomic E-state index is -0.114. The predicted molar refractivity (Wildman–Crippen MR) is 125 cm³/mol. The molecule has 0 bridgehead atoms. The van der Waals surface area contributed by atoms with Crippen molar-refractivity contribution in [3.63, 3.8) is 0 Å². The number of rotatable bonds is 9. The van der Waals surface area contributed by atoms with Crippen LogP contribution in [0.3, 0.4) is 0 Å². The first-order valence-corrected chi connectivity index (χ1v) is 11.5. The summed E-state index contributed by atoms with van der Waals surface area (Å²) in [6.07, 6.45) is 4.19. The zero-order chi connectivity index (χ0) is 21.7. The number of carbonyl (C=O) groups is 1. The Morgan fingerprint density at radius 1 is 1.27 bits per heavy atom. The first kappa shape index (κ1) is 22.2. The number of hydrogen-bond donors (Lipinski definition) is 2. The summed E-state index contributed by atoms with van der Waals surface area (Å²) >= 11 is 1.30. The Hall–Kier alpha value is -2.54. The molecule has 0 saturated heterocycles. The summed E-state index contributed by atoms with van der Waals surface area (Å²) in [7, 11) is 0. The fourth-order valence-electron chi connectivity index (χ4n) is 3.33. The molecule has 2 N–H and O–H groups in total. The Morgan fingerprint density at radius 2 is 2.00 bits per heavy atom. The van der Waals surface area contributed by atoms with Crippen LogP contribution in [0.25, 0.3) is 11.0 Å². The van der Waals surface area contributed by atoms with E-state index in [9.17, 15) is 9.59 Å². The molecule has 0 unspecified atom stereocenters. The van der Waals surface area contributed by atoms with E-state index in [-0.39, 0.29) is 23.3 Å². The SMILES string of the molecule is CCCCc1ccc(NC(=O)CSc2nc3cc(C)[nH]c3c(=O)n2[C@@H](C)CC)cc1. The summed E-state index contributed by atoms with van der Waals surface area (Å²) < 4.78 is 1.69. The van der Waals surface area contributed by atoms with Crippen LogP contribution in [0.1, 0.15) is 57.3 Å². The first-order valence-electron chi connectivity index (χ1n) is 10.6. The lowest BCUT2D eigenvalue weighted by Gasteiger charge is -2.17. The highest BCUT2D eigenvalue weighted by molar-refractivity contribution is 7.99. The Bertz CT molecular complexity index is 1070. The minimum absolute atomic E-state index is 0.000711. The molecule has 0 aliphatic heterocycles. The van der Waals surface area contributed by atoms with Gasteiger partial charge >= 0.3 is 0 Å². The van der Waals surface area contributed by atoms with Gasteiger partial charge in [0, 0.05) is 17.4 Å². The van der Waals surface area contributed by atoms with Crippen molar-refractivity contribution in [1.29, 1.82) is 0 Å². The summed E-state index contributed by atoms with van der Waals surface area (Å²) in [6.45, 7) is 8.11. The van der Waals surface area contributed by atoms with Gasteiger partial charge in [-0.05, 0) is 56.9 Å². The van der Waals surface area contributed by atoms with Crippen LogP contribution in [0.15, 0.2) is 40.3 Å². The molecule has 3 rings (SSSR count). The summed E-state index contributed by atoms with van der Waals surface area (Å²) in [5, 5.41) is 3.51. The summed E-state index contributed by atoms with van der Waals surface area (Å²) in [5.41, 5.74) is 4.03. The van der Waals surface area contributed by atoms with Gasteiger partial charge in [-0.25, -0.2) is 4.98 Å². The molecule has 30 heavy (non-hydrogen) atoms. The highest BCUT2D eigenvalue weighted by atomic mass is 32.2. The van der Waals surface area contributed by atoms with E-state index in [0.29, 0.717) is 16.2 Å². The van der Waals surface area contributed by atoms with Crippen molar-refractivity contribution in [2.75, 3.05) is 11.1 Å². The Kier molecular flexibility index (Phi) is 7.37. The van der Waals surface area contributed by atoms with E-state index in [2.05, 4.69) is 34.3 Å². The van der Waals surface area contributed by atoms with Gasteiger partial charge in [-0.15, -0.1) is 0 Å². The largest absolute Gasteiger partial charge is 0.353 e. The second kappa shape index (κ2) is 9.98. The Morgan fingerprint density at radius 3 is 2.67 bits per heavy atom. The fourth-order valence-corrected chi connectivity index (χ4v) is 4.22. The second-order valence-electron chi connectivity index (χ2n) is 7.68. The highest BCUT2D eigenvalue weighted by Crippen LogP contribution is 2.23. The number of fused-ring (bicyclic) bond motifs is 1. The number of nitrogens with zero attached hydrogens (tertiary/aromatic N) is 2. The summed E-state index contributed by atoms with van der Waals surface area (Å²) in [5.74, 6) is 0.0756. The van der Waals surface area contributed by atoms with Gasteiger partial charge in [-0.1, -0.05) is 44.2 Å². The highest BCUT2D eigenvalue weighted by Gasteiger charge is 2.18. The number of hydrogen-bond acceptors (Lipinski definition) is 4. The molecule has 0 fully saturated rings. The number of carbonyl (C=O) groups excluding carboxylic acids is 1. The number of benzene rings is 1. The number of anilines is 1. The van der Waals surface area contributed by atoms with Crippen LogP contribution in [0.4, 0.5) is 5.69 Å². The molecule has 2 heterocycles. The third-order valence-electron chi connectivity index (χ3n) is 5.21. The molecule has 160 valence electrons. The molecule has 0 radical (unpaired) electrons. The molecule has 0 saturated carbocycles. The maximum absolute atomic E-state index is 13.0. The Labute approximate surface area is 181 Å². The number of amides is 1. The molecular formula is C23H30N4O2S. The van der Waals surface area contributed by atoms with Crippen LogP contribution in [-0.4, -0.2) is 26.2 Å².